The van der Waals surface area contributed by atoms with E-state index >= 15 is 0 Å². The minimum absolute atomic E-state index is 0.0707. The third kappa shape index (κ3) is 4.35. The van der Waals surface area contributed by atoms with Crippen LogP contribution in [0, 0.1) is 0 Å². The second-order valence-electron chi connectivity index (χ2n) is 9.04. The molecule has 178 valence electrons. The smallest absolute Gasteiger partial charge is 0.256 e. The summed E-state index contributed by atoms with van der Waals surface area (Å²) in [6, 6.07) is 8.77. The van der Waals surface area contributed by atoms with E-state index in [9.17, 15) is 5.11 Å². The predicted octanol–water partition coefficient (Wildman–Crippen LogP) is 3.43. The summed E-state index contributed by atoms with van der Waals surface area (Å²) < 4.78 is 10.5. The van der Waals surface area contributed by atoms with Crippen molar-refractivity contribution in [1.29, 1.82) is 0 Å². The topological polar surface area (TPSA) is 106 Å². The maximum atomic E-state index is 10.7. The lowest BCUT2D eigenvalue weighted by Crippen LogP contribution is -2.54. The van der Waals surface area contributed by atoms with E-state index in [1.165, 1.54) is 19.3 Å². The highest BCUT2D eigenvalue weighted by Gasteiger charge is 2.33. The van der Waals surface area contributed by atoms with Crippen LogP contribution in [-0.2, 0) is 0 Å². The standard InChI is InChI=1S/C25H30N6O3/c1-31(19-11-17-5-4-6-18(12-19)28-17)23-14-26-24(30-29-23)20-8-7-15(9-21(20)32)16-10-22(33-2)25(34-3)27-13-16/h7-10,13-14,17-19,28,32H,4-6,11-12H2,1-3H3/t17-,18+,19-. The molecule has 4 heterocycles. The number of hydrogen-bond donors (Lipinski definition) is 2. The highest BCUT2D eigenvalue weighted by atomic mass is 16.5. The number of nitrogens with zero attached hydrogens (tertiary/aromatic N) is 5. The van der Waals surface area contributed by atoms with Crippen molar-refractivity contribution in [1.82, 2.24) is 25.5 Å². The lowest BCUT2D eigenvalue weighted by Gasteiger charge is -2.43. The van der Waals surface area contributed by atoms with Crippen molar-refractivity contribution < 1.29 is 14.6 Å². The molecule has 3 aromatic rings. The molecular weight excluding hydrogens is 432 g/mol. The van der Waals surface area contributed by atoms with E-state index in [0.717, 1.165) is 29.8 Å². The molecule has 34 heavy (non-hydrogen) atoms. The number of benzene rings is 1. The molecule has 0 saturated carbocycles. The van der Waals surface area contributed by atoms with Crippen molar-refractivity contribution in [2.24, 2.45) is 0 Å². The van der Waals surface area contributed by atoms with Crippen molar-refractivity contribution in [2.75, 3.05) is 26.2 Å². The summed E-state index contributed by atoms with van der Waals surface area (Å²) >= 11 is 0. The van der Waals surface area contributed by atoms with Gasteiger partial charge in [0.05, 0.1) is 26.0 Å². The predicted molar refractivity (Wildman–Crippen MR) is 129 cm³/mol. The Labute approximate surface area is 199 Å². The lowest BCUT2D eigenvalue weighted by atomic mass is 9.83. The summed E-state index contributed by atoms with van der Waals surface area (Å²) in [6.07, 6.45) is 9.46. The Bertz CT molecular complexity index is 1140. The van der Waals surface area contributed by atoms with Gasteiger partial charge in [-0.2, -0.15) is 0 Å². The zero-order valence-corrected chi connectivity index (χ0v) is 19.7. The number of pyridine rings is 1. The average molecular weight is 463 g/mol. The second kappa shape index (κ2) is 9.42. The van der Waals surface area contributed by atoms with Gasteiger partial charge in [0.15, 0.2) is 17.4 Å². The van der Waals surface area contributed by atoms with Gasteiger partial charge in [0.25, 0.3) is 5.88 Å². The van der Waals surface area contributed by atoms with Gasteiger partial charge in [-0.25, -0.2) is 9.97 Å². The Morgan fingerprint density at radius 1 is 0.971 bits per heavy atom. The summed E-state index contributed by atoms with van der Waals surface area (Å²) in [5.74, 6) is 2.13. The first-order valence-corrected chi connectivity index (χ1v) is 11.7. The van der Waals surface area contributed by atoms with Gasteiger partial charge in [-0.15, -0.1) is 10.2 Å². The highest BCUT2D eigenvalue weighted by Crippen LogP contribution is 2.35. The number of phenolic OH excluding ortho intramolecular Hbond substituents is 1. The number of ether oxygens (including phenoxy) is 2. The Kier molecular flexibility index (Phi) is 6.19. The monoisotopic (exact) mass is 462 g/mol. The van der Waals surface area contributed by atoms with Gasteiger partial charge in [0.2, 0.25) is 0 Å². The van der Waals surface area contributed by atoms with E-state index in [-0.39, 0.29) is 5.75 Å². The van der Waals surface area contributed by atoms with Gasteiger partial charge >= 0.3 is 0 Å². The molecule has 3 atom stereocenters. The third-order valence-corrected chi connectivity index (χ3v) is 6.95. The largest absolute Gasteiger partial charge is 0.507 e. The Hall–Kier alpha value is -3.46. The molecule has 9 nitrogen and oxygen atoms in total. The first-order valence-electron chi connectivity index (χ1n) is 11.7. The number of hydrogen-bond acceptors (Lipinski definition) is 9. The van der Waals surface area contributed by atoms with Gasteiger partial charge in [0.1, 0.15) is 5.75 Å². The van der Waals surface area contributed by atoms with Crippen LogP contribution < -0.4 is 19.7 Å². The number of aromatic hydroxyl groups is 1. The van der Waals surface area contributed by atoms with Crippen LogP contribution in [0.3, 0.4) is 0 Å². The quantitative estimate of drug-likeness (QED) is 0.570. The molecule has 1 aromatic carbocycles. The molecule has 0 unspecified atom stereocenters. The first-order chi connectivity index (χ1) is 16.6. The molecule has 2 aromatic heterocycles. The fourth-order valence-electron chi connectivity index (χ4n) is 5.08. The molecular formula is C25H30N6O3. The van der Waals surface area contributed by atoms with Crippen LogP contribution in [0.4, 0.5) is 5.82 Å². The van der Waals surface area contributed by atoms with Crippen LogP contribution in [0.1, 0.15) is 32.1 Å². The number of fused-ring (bicyclic) bond motifs is 2. The maximum Gasteiger partial charge on any atom is 0.256 e. The molecule has 2 saturated heterocycles. The number of piperidine rings is 2. The number of aromatic nitrogens is 4. The summed E-state index contributed by atoms with van der Waals surface area (Å²) in [6.45, 7) is 0. The Morgan fingerprint density at radius 3 is 2.41 bits per heavy atom. The Balaban J connectivity index is 1.33. The van der Waals surface area contributed by atoms with Gasteiger partial charge in [-0.3, -0.25) is 0 Å². The first kappa shape index (κ1) is 22.3. The van der Waals surface area contributed by atoms with E-state index in [4.69, 9.17) is 9.47 Å². The van der Waals surface area contributed by atoms with Crippen LogP contribution in [0.5, 0.6) is 17.4 Å². The van der Waals surface area contributed by atoms with E-state index in [0.29, 0.717) is 41.1 Å². The van der Waals surface area contributed by atoms with Gasteiger partial charge in [-0.05, 0) is 49.4 Å². The van der Waals surface area contributed by atoms with E-state index in [1.54, 1.807) is 38.7 Å². The van der Waals surface area contributed by atoms with Gasteiger partial charge in [0, 0.05) is 36.9 Å². The minimum atomic E-state index is 0.0707. The molecule has 2 N–H and O–H groups in total. The van der Waals surface area contributed by atoms with Crippen molar-refractivity contribution >= 4 is 5.82 Å². The summed E-state index contributed by atoms with van der Waals surface area (Å²) in [5, 5.41) is 23.2. The molecule has 0 spiro atoms. The molecule has 2 aliphatic rings. The molecule has 9 heteroatoms. The fourth-order valence-corrected chi connectivity index (χ4v) is 5.08. The summed E-state index contributed by atoms with van der Waals surface area (Å²) in [5.41, 5.74) is 2.10. The van der Waals surface area contributed by atoms with Crippen LogP contribution in [0.25, 0.3) is 22.5 Å². The van der Waals surface area contributed by atoms with Gasteiger partial charge < -0.3 is 24.8 Å². The van der Waals surface area contributed by atoms with Crippen LogP contribution in [0.15, 0.2) is 36.7 Å². The third-order valence-electron chi connectivity index (χ3n) is 6.95. The molecule has 0 amide bonds. The Morgan fingerprint density at radius 2 is 1.76 bits per heavy atom. The minimum Gasteiger partial charge on any atom is -0.507 e. The molecule has 2 bridgehead atoms. The van der Waals surface area contributed by atoms with E-state index in [1.807, 2.05) is 12.1 Å². The summed E-state index contributed by atoms with van der Waals surface area (Å²) in [7, 11) is 5.17. The number of nitrogens with one attached hydrogen (secondary N) is 1. The number of anilines is 1. The number of methoxy groups -OCH3 is 2. The SMILES string of the molecule is COc1cc(-c2ccc(-c3ncc(N(C)[C@@H]4C[C@H]5CCC[C@@H](C4)N5)nn3)c(O)c2)cnc1OC. The average Bonchev–Trinajstić information content (AvgIpc) is 2.87. The van der Waals surface area contributed by atoms with Gasteiger partial charge in [-0.1, -0.05) is 12.5 Å². The molecule has 5 rings (SSSR count). The second-order valence-corrected chi connectivity index (χ2v) is 9.04. The summed E-state index contributed by atoms with van der Waals surface area (Å²) in [4.78, 5) is 11.0. The molecule has 2 aliphatic heterocycles. The zero-order valence-electron chi connectivity index (χ0n) is 19.7. The van der Waals surface area contributed by atoms with Crippen LogP contribution in [0.2, 0.25) is 0 Å². The van der Waals surface area contributed by atoms with Crippen LogP contribution >= 0.6 is 0 Å². The highest BCUT2D eigenvalue weighted by molar-refractivity contribution is 5.73. The normalized spacial score (nSPS) is 21.7. The number of phenols is 1. The van der Waals surface area contributed by atoms with Crippen molar-refractivity contribution in [2.45, 2.75) is 50.2 Å². The fraction of sp³-hybridized carbons (Fsp3) is 0.440. The molecule has 0 aliphatic carbocycles. The maximum absolute atomic E-state index is 10.7. The van der Waals surface area contributed by atoms with Crippen LogP contribution in [-0.4, -0.2) is 64.7 Å². The zero-order chi connectivity index (χ0) is 23.7. The lowest BCUT2D eigenvalue weighted by molar-refractivity contribution is 0.219. The molecule has 2 fully saturated rings. The van der Waals surface area contributed by atoms with E-state index in [2.05, 4.69) is 37.4 Å². The molecule has 0 radical (unpaired) electrons. The van der Waals surface area contributed by atoms with E-state index < -0.39 is 0 Å². The number of rotatable bonds is 6. The van der Waals surface area contributed by atoms with Crippen molar-refractivity contribution in [3.63, 3.8) is 0 Å². The van der Waals surface area contributed by atoms with Crippen molar-refractivity contribution in [3.05, 3.63) is 36.7 Å². The van der Waals surface area contributed by atoms with Crippen molar-refractivity contribution in [3.8, 4) is 39.9 Å².